The Kier molecular flexibility index (Phi) is 2.72. The molecule has 2 N–H and O–H groups in total. The van der Waals surface area contributed by atoms with Gasteiger partial charge >= 0.3 is 6.18 Å². The number of hydrogen-bond donors (Lipinski definition) is 2. The van der Waals surface area contributed by atoms with Gasteiger partial charge < -0.3 is 9.84 Å². The molecule has 2 aliphatic heterocycles. The lowest BCUT2D eigenvalue weighted by atomic mass is 9.99. The van der Waals surface area contributed by atoms with E-state index in [0.717, 1.165) is 11.3 Å². The first-order valence-corrected chi connectivity index (χ1v) is 6.21. The van der Waals surface area contributed by atoms with Crippen LogP contribution in [-0.2, 0) is 6.42 Å². The Hall–Kier alpha value is -1.76. The van der Waals surface area contributed by atoms with Crippen LogP contribution in [0.25, 0.3) is 0 Å². The van der Waals surface area contributed by atoms with Crippen molar-refractivity contribution in [1.29, 1.82) is 0 Å². The van der Waals surface area contributed by atoms with Gasteiger partial charge in [-0.3, -0.25) is 5.43 Å². The summed E-state index contributed by atoms with van der Waals surface area (Å²) in [6.45, 7) is 1.93. The summed E-state index contributed by atoms with van der Waals surface area (Å²) in [4.78, 5) is 0. The van der Waals surface area contributed by atoms with Gasteiger partial charge in [-0.2, -0.15) is 18.3 Å². The van der Waals surface area contributed by atoms with Crippen LogP contribution in [0.4, 0.5) is 13.2 Å². The fraction of sp³-hybridized carbons (Fsp3) is 0.462. The van der Waals surface area contributed by atoms with Crippen molar-refractivity contribution in [3.8, 4) is 5.75 Å². The third-order valence-corrected chi connectivity index (χ3v) is 3.50. The Morgan fingerprint density at radius 3 is 2.85 bits per heavy atom. The Balaban J connectivity index is 1.85. The van der Waals surface area contributed by atoms with E-state index >= 15 is 0 Å². The number of nitrogens with one attached hydrogen (secondary N) is 1. The fourth-order valence-corrected chi connectivity index (χ4v) is 2.41. The SMILES string of the molecule is CC1Cc2cc(C3=NNC(O)(C(F)(F)F)C3)ccc2O1. The highest BCUT2D eigenvalue weighted by Crippen LogP contribution is 2.36. The minimum atomic E-state index is -4.77. The van der Waals surface area contributed by atoms with Gasteiger partial charge in [0.15, 0.2) is 0 Å². The summed E-state index contributed by atoms with van der Waals surface area (Å²) < 4.78 is 43.6. The second-order valence-corrected chi connectivity index (χ2v) is 5.16. The van der Waals surface area contributed by atoms with Crippen LogP contribution in [0.15, 0.2) is 23.3 Å². The second-order valence-electron chi connectivity index (χ2n) is 5.16. The van der Waals surface area contributed by atoms with Crippen LogP contribution in [0.1, 0.15) is 24.5 Å². The van der Waals surface area contributed by atoms with Crippen molar-refractivity contribution in [2.24, 2.45) is 5.10 Å². The summed E-state index contributed by atoms with van der Waals surface area (Å²) in [6, 6.07) is 5.14. The molecule has 2 heterocycles. The molecular formula is C13H13F3N2O2. The van der Waals surface area contributed by atoms with Gasteiger partial charge in [0.25, 0.3) is 5.72 Å². The molecule has 2 atom stereocenters. The molecule has 0 aliphatic carbocycles. The van der Waals surface area contributed by atoms with E-state index in [-0.39, 0.29) is 11.8 Å². The van der Waals surface area contributed by atoms with Crippen LogP contribution in [0.2, 0.25) is 0 Å². The Bertz CT molecular complexity index is 585. The number of alkyl halides is 3. The van der Waals surface area contributed by atoms with Crippen molar-refractivity contribution in [2.45, 2.75) is 37.8 Å². The van der Waals surface area contributed by atoms with Gasteiger partial charge in [0.1, 0.15) is 11.9 Å². The summed E-state index contributed by atoms with van der Waals surface area (Å²) in [5.41, 5.74) is 0.500. The minimum Gasteiger partial charge on any atom is -0.490 e. The zero-order chi connectivity index (χ0) is 14.5. The summed E-state index contributed by atoms with van der Waals surface area (Å²) >= 11 is 0. The predicted molar refractivity (Wildman–Crippen MR) is 65.5 cm³/mol. The van der Waals surface area contributed by atoms with Crippen molar-refractivity contribution >= 4 is 5.71 Å². The first-order valence-electron chi connectivity index (χ1n) is 6.21. The molecular weight excluding hydrogens is 273 g/mol. The molecule has 0 radical (unpaired) electrons. The number of nitrogens with zero attached hydrogens (tertiary/aromatic N) is 1. The molecule has 0 bridgehead atoms. The van der Waals surface area contributed by atoms with E-state index < -0.39 is 18.3 Å². The first kappa shape index (κ1) is 13.2. The molecule has 7 heteroatoms. The lowest BCUT2D eigenvalue weighted by Gasteiger charge is -2.24. The molecule has 1 aromatic rings. The molecule has 3 rings (SSSR count). The van der Waals surface area contributed by atoms with E-state index in [0.29, 0.717) is 12.0 Å². The Labute approximate surface area is 113 Å². The number of aliphatic hydroxyl groups is 1. The molecule has 1 aromatic carbocycles. The second kappa shape index (κ2) is 4.12. The van der Waals surface area contributed by atoms with Gasteiger partial charge in [0, 0.05) is 6.42 Å². The minimum absolute atomic E-state index is 0.0657. The van der Waals surface area contributed by atoms with Crippen molar-refractivity contribution in [3.63, 3.8) is 0 Å². The molecule has 0 saturated carbocycles. The quantitative estimate of drug-likeness (QED) is 0.829. The van der Waals surface area contributed by atoms with Crippen LogP contribution in [0.3, 0.4) is 0 Å². The number of fused-ring (bicyclic) bond motifs is 1. The van der Waals surface area contributed by atoms with Crippen LogP contribution in [-0.4, -0.2) is 28.8 Å². The molecule has 0 saturated heterocycles. The first-order chi connectivity index (χ1) is 9.28. The lowest BCUT2D eigenvalue weighted by molar-refractivity contribution is -0.266. The van der Waals surface area contributed by atoms with Gasteiger partial charge in [-0.05, 0) is 36.2 Å². The Morgan fingerprint density at radius 1 is 1.45 bits per heavy atom. The third-order valence-electron chi connectivity index (χ3n) is 3.50. The standard InChI is InChI=1S/C13H13F3N2O2/c1-7-4-9-5-8(2-3-11(9)20-7)10-6-12(19,18-17-10)13(14,15)16/h2-3,5,7,18-19H,4,6H2,1H3. The Morgan fingerprint density at radius 2 is 2.20 bits per heavy atom. The van der Waals surface area contributed by atoms with Crippen LogP contribution in [0, 0.1) is 0 Å². The van der Waals surface area contributed by atoms with Crippen molar-refractivity contribution < 1.29 is 23.0 Å². The summed E-state index contributed by atoms with van der Waals surface area (Å²) in [6.07, 6.45) is -4.60. The molecule has 0 spiro atoms. The van der Waals surface area contributed by atoms with Gasteiger partial charge in [-0.1, -0.05) is 0 Å². The zero-order valence-corrected chi connectivity index (χ0v) is 10.7. The predicted octanol–water partition coefficient (Wildman–Crippen LogP) is 1.96. The van der Waals surface area contributed by atoms with Crippen LogP contribution < -0.4 is 10.2 Å². The molecule has 2 aliphatic rings. The van der Waals surface area contributed by atoms with Crippen LogP contribution in [0.5, 0.6) is 5.75 Å². The highest BCUT2D eigenvalue weighted by molar-refractivity contribution is 6.02. The van der Waals surface area contributed by atoms with Crippen molar-refractivity contribution in [3.05, 3.63) is 29.3 Å². The molecule has 108 valence electrons. The summed E-state index contributed by atoms with van der Waals surface area (Å²) in [5.74, 6) is 0.749. The van der Waals surface area contributed by atoms with Crippen LogP contribution >= 0.6 is 0 Å². The van der Waals surface area contributed by atoms with E-state index in [1.165, 1.54) is 0 Å². The number of halogens is 3. The summed E-state index contributed by atoms with van der Waals surface area (Å²) in [7, 11) is 0. The largest absolute Gasteiger partial charge is 0.490 e. The third kappa shape index (κ3) is 2.02. The average Bonchev–Trinajstić information content (AvgIpc) is 2.90. The molecule has 0 fully saturated rings. The van der Waals surface area contributed by atoms with Gasteiger partial charge in [-0.15, -0.1) is 0 Å². The number of ether oxygens (including phenoxy) is 1. The zero-order valence-electron chi connectivity index (χ0n) is 10.7. The number of benzene rings is 1. The molecule has 2 unspecified atom stereocenters. The normalized spacial score (nSPS) is 28.6. The van der Waals surface area contributed by atoms with Gasteiger partial charge in [-0.25, -0.2) is 0 Å². The van der Waals surface area contributed by atoms with E-state index in [9.17, 15) is 18.3 Å². The van der Waals surface area contributed by atoms with E-state index in [4.69, 9.17) is 4.74 Å². The number of rotatable bonds is 1. The van der Waals surface area contributed by atoms with Crippen molar-refractivity contribution in [2.75, 3.05) is 0 Å². The smallest absolute Gasteiger partial charge is 0.438 e. The topological polar surface area (TPSA) is 53.9 Å². The number of hydrazone groups is 1. The molecule has 0 aromatic heterocycles. The van der Waals surface area contributed by atoms with Gasteiger partial charge in [0.05, 0.1) is 12.1 Å². The van der Waals surface area contributed by atoms with E-state index in [1.54, 1.807) is 23.6 Å². The molecule has 20 heavy (non-hydrogen) atoms. The van der Waals surface area contributed by atoms with E-state index in [1.807, 2.05) is 6.92 Å². The van der Waals surface area contributed by atoms with Gasteiger partial charge in [0.2, 0.25) is 0 Å². The maximum absolute atomic E-state index is 12.7. The highest BCUT2D eigenvalue weighted by Gasteiger charge is 2.57. The number of hydrogen-bond acceptors (Lipinski definition) is 4. The maximum Gasteiger partial charge on any atom is 0.438 e. The highest BCUT2D eigenvalue weighted by atomic mass is 19.4. The van der Waals surface area contributed by atoms with Crippen molar-refractivity contribution in [1.82, 2.24) is 5.43 Å². The fourth-order valence-electron chi connectivity index (χ4n) is 2.41. The maximum atomic E-state index is 12.7. The molecule has 0 amide bonds. The summed E-state index contributed by atoms with van der Waals surface area (Å²) in [5, 5.41) is 13.1. The van der Waals surface area contributed by atoms with E-state index in [2.05, 4.69) is 5.10 Å². The average molecular weight is 286 g/mol. The monoisotopic (exact) mass is 286 g/mol. The lowest BCUT2D eigenvalue weighted by Crippen LogP contribution is -2.52. The molecule has 4 nitrogen and oxygen atoms in total.